The van der Waals surface area contributed by atoms with Gasteiger partial charge in [-0.1, -0.05) is 104 Å². The van der Waals surface area contributed by atoms with Gasteiger partial charge in [-0.3, -0.25) is 19.1 Å². The molecule has 0 radical (unpaired) electrons. The Labute approximate surface area is 392 Å². The molecule has 2 heterocycles. The number of ether oxygens (including phenoxy) is 5. The van der Waals surface area contributed by atoms with Gasteiger partial charge >= 0.3 is 19.5 Å². The lowest BCUT2D eigenvalue weighted by Crippen LogP contribution is -2.63. The van der Waals surface area contributed by atoms with E-state index in [-0.39, 0.29) is 30.2 Å². The minimum atomic E-state index is -3.90. The molecule has 1 saturated heterocycles. The van der Waals surface area contributed by atoms with Gasteiger partial charge in [0.05, 0.1) is 42.6 Å². The van der Waals surface area contributed by atoms with Crippen molar-refractivity contribution in [2.45, 2.75) is 150 Å². The first-order chi connectivity index (χ1) is 30.8. The van der Waals surface area contributed by atoms with E-state index in [9.17, 15) is 18.5 Å². The van der Waals surface area contributed by atoms with Gasteiger partial charge in [-0.05, 0) is 87.7 Å². The minimum absolute atomic E-state index is 0.0988. The quantitative estimate of drug-likeness (QED) is 0.0581. The van der Waals surface area contributed by atoms with E-state index in [1.165, 1.54) is 12.1 Å². The zero-order valence-corrected chi connectivity index (χ0v) is 42.8. The molecule has 358 valence electrons. The van der Waals surface area contributed by atoms with E-state index < -0.39 is 62.8 Å². The van der Waals surface area contributed by atoms with Crippen molar-refractivity contribution >= 4 is 44.5 Å². The fraction of sp³-hybridized carbons (Fsp3) is 0.519. The Hall–Kier alpha value is -4.39. The third-order valence-electron chi connectivity index (χ3n) is 11.7. The van der Waals surface area contributed by atoms with Crippen LogP contribution in [0.15, 0.2) is 78.9 Å². The first kappa shape index (κ1) is 51.0. The number of aromatic nitrogens is 1. The molecule has 1 aliphatic carbocycles. The summed E-state index contributed by atoms with van der Waals surface area (Å²) in [6.07, 6.45) is 4.87. The van der Waals surface area contributed by atoms with Gasteiger partial charge in [-0.2, -0.15) is 0 Å². The van der Waals surface area contributed by atoms with Crippen LogP contribution >= 0.6 is 7.52 Å². The summed E-state index contributed by atoms with van der Waals surface area (Å²) in [5.74, 6) is -1.36. The molecule has 6 rings (SSSR count). The van der Waals surface area contributed by atoms with Crippen LogP contribution in [0.5, 0.6) is 11.5 Å². The first-order valence-electron chi connectivity index (χ1n) is 23.2. The Balaban J connectivity index is 1.40. The van der Waals surface area contributed by atoms with Crippen LogP contribution in [0.25, 0.3) is 28.1 Å². The molecular formula is C52H70FN2O9PSi. The average Bonchev–Trinajstić information content (AvgIpc) is 4.07. The molecule has 1 unspecified atom stereocenters. The fourth-order valence-electron chi connectivity index (χ4n) is 8.54. The molecule has 1 saturated carbocycles. The number of pyridine rings is 1. The molecule has 66 heavy (non-hydrogen) atoms. The van der Waals surface area contributed by atoms with E-state index in [2.05, 4.69) is 78.4 Å². The number of nitrogens with one attached hydrogen (secondary N) is 1. The van der Waals surface area contributed by atoms with E-state index in [4.69, 9.17) is 33.2 Å². The number of fused-ring (bicyclic) bond motifs is 1. The highest BCUT2D eigenvalue weighted by Crippen LogP contribution is 2.53. The highest BCUT2D eigenvalue weighted by atomic mass is 31.2. The van der Waals surface area contributed by atoms with Gasteiger partial charge < -0.3 is 28.2 Å². The molecular weight excluding hydrogens is 875 g/mol. The number of benzene rings is 3. The molecule has 4 atom stereocenters. The summed E-state index contributed by atoms with van der Waals surface area (Å²) in [5.41, 5.74) is 3.11. The van der Waals surface area contributed by atoms with Crippen molar-refractivity contribution in [1.29, 1.82) is 0 Å². The number of nitrogens with zero attached hydrogens (tertiary/aromatic N) is 1. The molecule has 14 heteroatoms. The molecule has 0 spiro atoms. The lowest BCUT2D eigenvalue weighted by molar-refractivity contribution is -0.389. The molecule has 2 fully saturated rings. The fourth-order valence-corrected chi connectivity index (χ4v) is 10.9. The smallest absolute Gasteiger partial charge is 0.354 e. The van der Waals surface area contributed by atoms with E-state index in [1.807, 2.05) is 18.2 Å². The Morgan fingerprint density at radius 2 is 1.61 bits per heavy atom. The van der Waals surface area contributed by atoms with Gasteiger partial charge in [0, 0.05) is 47.8 Å². The summed E-state index contributed by atoms with van der Waals surface area (Å²) >= 11 is 0. The number of halogens is 1. The molecule has 1 aromatic heterocycles. The van der Waals surface area contributed by atoms with Crippen LogP contribution in [-0.4, -0.2) is 68.1 Å². The Morgan fingerprint density at radius 3 is 2.21 bits per heavy atom. The second kappa shape index (κ2) is 20.5. The maximum Gasteiger partial charge on any atom is 0.354 e. The summed E-state index contributed by atoms with van der Waals surface area (Å²) in [5, 5.41) is 3.60. The van der Waals surface area contributed by atoms with Crippen molar-refractivity contribution in [1.82, 2.24) is 10.1 Å². The largest absolute Gasteiger partial charge is 0.481 e. The molecule has 0 amide bonds. The summed E-state index contributed by atoms with van der Waals surface area (Å²) in [7, 11) is -5.30. The van der Waals surface area contributed by atoms with Gasteiger partial charge in [-0.25, -0.2) is 9.48 Å². The van der Waals surface area contributed by atoms with E-state index in [0.29, 0.717) is 30.0 Å². The van der Waals surface area contributed by atoms with E-state index >= 15 is 0 Å². The van der Waals surface area contributed by atoms with Crippen molar-refractivity contribution < 1.29 is 46.8 Å². The monoisotopic (exact) mass is 944 g/mol. The maximum absolute atomic E-state index is 14.6. The van der Waals surface area contributed by atoms with Gasteiger partial charge in [0.15, 0.2) is 12.1 Å². The number of hydrogen-bond acceptors (Lipinski definition) is 10. The molecule has 1 N–H and O–H groups in total. The zero-order valence-electron chi connectivity index (χ0n) is 40.9. The van der Waals surface area contributed by atoms with E-state index in [0.717, 1.165) is 46.7 Å². The number of para-hydroxylation sites is 1. The highest BCUT2D eigenvalue weighted by molar-refractivity contribution is 7.57. The van der Waals surface area contributed by atoms with Crippen molar-refractivity contribution in [3.8, 4) is 22.6 Å². The second-order valence-corrected chi connectivity index (χ2v) is 28.9. The molecule has 0 bridgehead atoms. The van der Waals surface area contributed by atoms with Crippen molar-refractivity contribution in [3.05, 3.63) is 95.9 Å². The Bertz CT molecular complexity index is 2390. The van der Waals surface area contributed by atoms with Gasteiger partial charge in [-0.15, -0.1) is 0 Å². The van der Waals surface area contributed by atoms with Crippen molar-refractivity contribution in [3.63, 3.8) is 0 Å². The molecule has 2 aliphatic rings. The summed E-state index contributed by atoms with van der Waals surface area (Å²) in [6, 6.07) is 20.5. The summed E-state index contributed by atoms with van der Waals surface area (Å²) < 4.78 is 66.6. The SMILES string of the molecule is CC(C)OC(=O)[C@H](C)NP(=O)(COc1ccc2nc(C3CC3)c(/C=C/[C@@H]3C[C@H](CC(=O)OCC[Si](C)(C)C)OC(C(C)(C)C)(C(C)(C)C)O3)c(-c3ccc(F)cc3)c2c1)Oc1ccccc1. The van der Waals surface area contributed by atoms with E-state index in [1.54, 1.807) is 63.2 Å². The standard InChI is InChI=1S/C52H70FN2O9PSi/c1-34(2)61-49(57)35(3)55-65(58,64-39-16-14-13-15-17-39)33-60-40-25-27-45-44(31-40)47(36-20-22-38(53)23-21-36)43(48(54-45)37-18-19-37)26-24-41-30-42(32-46(56)59-28-29-66(10,11)12)63-52(62-41,50(4,5)6)51(7,8)9/h13-17,20-27,31,34-35,37,41-42H,18-19,28-30,32-33H2,1-12H3,(H,55,58)/b26-24+/t35-,41+,42+,65?/m0/s1. The topological polar surface area (TPSA) is 132 Å². The molecule has 4 aromatic rings. The number of rotatable bonds is 18. The molecule has 1 aliphatic heterocycles. The zero-order chi connectivity index (χ0) is 48.2. The third kappa shape index (κ3) is 13.0. The Morgan fingerprint density at radius 1 is 0.939 bits per heavy atom. The molecule has 11 nitrogen and oxygen atoms in total. The lowest BCUT2D eigenvalue weighted by atomic mass is 9.69. The number of carbonyl (C=O) groups excluding carboxylic acids is 2. The van der Waals surface area contributed by atoms with Crippen molar-refractivity contribution in [2.24, 2.45) is 10.8 Å². The summed E-state index contributed by atoms with van der Waals surface area (Å²) in [6.45, 7) is 24.8. The first-order valence-corrected chi connectivity index (χ1v) is 28.7. The van der Waals surface area contributed by atoms with Crippen LogP contribution in [0.3, 0.4) is 0 Å². The van der Waals surface area contributed by atoms with Gasteiger partial charge in [0.25, 0.3) is 0 Å². The number of carbonyl (C=O) groups is 2. The normalized spacial score (nSPS) is 19.4. The van der Waals surface area contributed by atoms with Crippen LogP contribution in [0.2, 0.25) is 25.7 Å². The highest BCUT2D eigenvalue weighted by Gasteiger charge is 2.58. The molecule has 3 aromatic carbocycles. The minimum Gasteiger partial charge on any atom is -0.481 e. The summed E-state index contributed by atoms with van der Waals surface area (Å²) in [4.78, 5) is 31.4. The van der Waals surface area contributed by atoms with Crippen LogP contribution in [-0.2, 0) is 33.1 Å². The van der Waals surface area contributed by atoms with Crippen LogP contribution in [0, 0.1) is 16.6 Å². The van der Waals surface area contributed by atoms with Crippen LogP contribution < -0.4 is 14.3 Å². The maximum atomic E-state index is 14.6. The van der Waals surface area contributed by atoms with Crippen LogP contribution in [0.4, 0.5) is 4.39 Å². The van der Waals surface area contributed by atoms with Crippen LogP contribution in [0.1, 0.15) is 105 Å². The van der Waals surface area contributed by atoms with Crippen molar-refractivity contribution in [2.75, 3.05) is 13.0 Å². The average molecular weight is 945 g/mol. The van der Waals surface area contributed by atoms with Gasteiger partial charge in [0.1, 0.15) is 23.4 Å². The number of hydrogen-bond donors (Lipinski definition) is 1. The Kier molecular flexibility index (Phi) is 15.8. The predicted octanol–water partition coefficient (Wildman–Crippen LogP) is 12.7. The second-order valence-electron chi connectivity index (χ2n) is 21.3. The third-order valence-corrected chi connectivity index (χ3v) is 15.2. The number of esters is 2. The van der Waals surface area contributed by atoms with Gasteiger partial charge in [0.2, 0.25) is 0 Å². The predicted molar refractivity (Wildman–Crippen MR) is 262 cm³/mol. The lowest BCUT2D eigenvalue weighted by Gasteiger charge is -2.57.